The molecule has 0 unspecified atom stereocenters. The van der Waals surface area contributed by atoms with Crippen molar-refractivity contribution >= 4 is 33.6 Å². The molecule has 2 aromatic carbocycles. The smallest absolute Gasteiger partial charge is 0.136 e. The lowest BCUT2D eigenvalue weighted by Crippen LogP contribution is -2.36. The molecule has 0 aromatic heterocycles. The molecular formula is C14H10ClF2N. The minimum absolute atomic E-state index is 0.0476. The summed E-state index contributed by atoms with van der Waals surface area (Å²) in [5, 5.41) is 6.04. The van der Waals surface area contributed by atoms with Gasteiger partial charge in [0, 0.05) is 22.7 Å². The fraction of sp³-hybridized carbons (Fsp3) is 0.143. The molecule has 0 saturated heterocycles. The maximum Gasteiger partial charge on any atom is 0.136 e. The highest BCUT2D eigenvalue weighted by Gasteiger charge is 2.12. The summed E-state index contributed by atoms with van der Waals surface area (Å²) >= 11 is 6.06. The second kappa shape index (κ2) is 3.95. The number of hydrogen-bond acceptors (Lipinski definition) is 1. The van der Waals surface area contributed by atoms with E-state index in [1.807, 2.05) is 6.08 Å². The summed E-state index contributed by atoms with van der Waals surface area (Å²) in [7, 11) is 0. The van der Waals surface area contributed by atoms with E-state index in [-0.39, 0.29) is 5.56 Å². The first-order chi connectivity index (χ1) is 8.59. The van der Waals surface area contributed by atoms with Gasteiger partial charge in [-0.05, 0) is 23.6 Å². The molecule has 92 valence electrons. The minimum Gasteiger partial charge on any atom is -0.372 e. The van der Waals surface area contributed by atoms with Gasteiger partial charge in [-0.2, -0.15) is 0 Å². The molecule has 1 heterocycles. The lowest BCUT2D eigenvalue weighted by molar-refractivity contribution is 0.577. The molecule has 0 bridgehead atoms. The van der Waals surface area contributed by atoms with Gasteiger partial charge in [0.2, 0.25) is 0 Å². The Hall–Kier alpha value is -1.61. The van der Waals surface area contributed by atoms with Crippen molar-refractivity contribution in [1.29, 1.82) is 0 Å². The van der Waals surface area contributed by atoms with Crippen LogP contribution < -0.4 is 15.8 Å². The SMILES string of the molecule is Cc1c(F)cc2c3c(ccc2c1F)=C(Cl)NCC=3. The van der Waals surface area contributed by atoms with Crippen LogP contribution >= 0.6 is 11.6 Å². The number of nitrogens with one attached hydrogen (secondary N) is 1. The monoisotopic (exact) mass is 265 g/mol. The van der Waals surface area contributed by atoms with E-state index in [2.05, 4.69) is 5.32 Å². The highest BCUT2D eigenvalue weighted by molar-refractivity contribution is 6.44. The Morgan fingerprint density at radius 2 is 2.00 bits per heavy atom. The summed E-state index contributed by atoms with van der Waals surface area (Å²) in [4.78, 5) is 0. The van der Waals surface area contributed by atoms with Crippen LogP contribution in [0.3, 0.4) is 0 Å². The summed E-state index contributed by atoms with van der Waals surface area (Å²) in [5.74, 6) is -1.03. The van der Waals surface area contributed by atoms with Crippen molar-refractivity contribution in [3.63, 3.8) is 0 Å². The van der Waals surface area contributed by atoms with Gasteiger partial charge < -0.3 is 5.32 Å². The van der Waals surface area contributed by atoms with Gasteiger partial charge in [0.1, 0.15) is 16.8 Å². The summed E-state index contributed by atoms with van der Waals surface area (Å²) in [5.41, 5.74) is 0.0476. The van der Waals surface area contributed by atoms with Crippen molar-refractivity contribution in [2.24, 2.45) is 0 Å². The maximum atomic E-state index is 14.0. The standard InChI is InChI=1S/C14H10ClF2N/c1-7-12(16)6-11-8-4-5-18-14(15)10(8)3-2-9(11)13(7)17/h2-4,6,18H,5H2,1H3. The Morgan fingerprint density at radius 1 is 1.22 bits per heavy atom. The van der Waals surface area contributed by atoms with Crippen molar-refractivity contribution in [2.45, 2.75) is 6.92 Å². The molecule has 0 fully saturated rings. The number of halogens is 3. The molecule has 0 atom stereocenters. The zero-order valence-electron chi connectivity index (χ0n) is 9.65. The predicted octanol–water partition coefficient (Wildman–Crippen LogP) is 2.11. The van der Waals surface area contributed by atoms with Gasteiger partial charge >= 0.3 is 0 Å². The zero-order chi connectivity index (χ0) is 12.9. The lowest BCUT2D eigenvalue weighted by Gasteiger charge is -2.11. The first-order valence-corrected chi connectivity index (χ1v) is 5.98. The van der Waals surface area contributed by atoms with E-state index in [1.54, 1.807) is 12.1 Å². The molecule has 0 saturated carbocycles. The van der Waals surface area contributed by atoms with Crippen molar-refractivity contribution < 1.29 is 8.78 Å². The largest absolute Gasteiger partial charge is 0.372 e. The molecule has 1 nitrogen and oxygen atoms in total. The molecule has 0 aliphatic carbocycles. The highest BCUT2D eigenvalue weighted by Crippen LogP contribution is 2.20. The molecule has 18 heavy (non-hydrogen) atoms. The van der Waals surface area contributed by atoms with Crippen LogP contribution in [0.5, 0.6) is 0 Å². The summed E-state index contributed by atoms with van der Waals surface area (Å²) in [6.07, 6.45) is 1.89. The third-order valence-electron chi connectivity index (χ3n) is 3.28. The van der Waals surface area contributed by atoms with Gasteiger partial charge in [0.15, 0.2) is 0 Å². The number of benzene rings is 2. The van der Waals surface area contributed by atoms with Crippen LogP contribution in [-0.4, -0.2) is 6.54 Å². The normalized spacial score (nSPS) is 14.1. The van der Waals surface area contributed by atoms with Crippen LogP contribution in [0.2, 0.25) is 0 Å². The Kier molecular flexibility index (Phi) is 2.52. The van der Waals surface area contributed by atoms with E-state index >= 15 is 0 Å². The van der Waals surface area contributed by atoms with Crippen molar-refractivity contribution in [3.05, 3.63) is 45.8 Å². The average molecular weight is 266 g/mol. The number of rotatable bonds is 0. The van der Waals surface area contributed by atoms with Gasteiger partial charge in [0.25, 0.3) is 0 Å². The average Bonchev–Trinajstić information content (AvgIpc) is 2.36. The molecule has 2 aromatic rings. The van der Waals surface area contributed by atoms with Crippen molar-refractivity contribution in [3.8, 4) is 0 Å². The fourth-order valence-corrected chi connectivity index (χ4v) is 2.52. The second-order valence-electron chi connectivity index (χ2n) is 4.32. The van der Waals surface area contributed by atoms with E-state index in [1.165, 1.54) is 13.0 Å². The van der Waals surface area contributed by atoms with Crippen LogP contribution in [0.15, 0.2) is 18.2 Å². The molecule has 1 aliphatic rings. The van der Waals surface area contributed by atoms with Crippen molar-refractivity contribution in [1.82, 2.24) is 5.32 Å². The summed E-state index contributed by atoms with van der Waals surface area (Å²) in [6, 6.07) is 4.76. The third kappa shape index (κ3) is 1.51. The Morgan fingerprint density at radius 3 is 2.78 bits per heavy atom. The van der Waals surface area contributed by atoms with Crippen LogP contribution in [0.1, 0.15) is 5.56 Å². The number of fused-ring (bicyclic) bond motifs is 3. The van der Waals surface area contributed by atoms with Crippen LogP contribution in [0, 0.1) is 18.6 Å². The third-order valence-corrected chi connectivity index (χ3v) is 3.62. The fourth-order valence-electron chi connectivity index (χ4n) is 2.27. The molecular weight excluding hydrogens is 256 g/mol. The minimum atomic E-state index is -0.531. The van der Waals surface area contributed by atoms with Gasteiger partial charge in [-0.25, -0.2) is 8.78 Å². The second-order valence-corrected chi connectivity index (χ2v) is 4.70. The van der Waals surface area contributed by atoms with Crippen molar-refractivity contribution in [2.75, 3.05) is 6.54 Å². The molecule has 1 aliphatic heterocycles. The van der Waals surface area contributed by atoms with Gasteiger partial charge in [-0.3, -0.25) is 0 Å². The molecule has 4 heteroatoms. The van der Waals surface area contributed by atoms with Crippen LogP contribution in [-0.2, 0) is 0 Å². The topological polar surface area (TPSA) is 12.0 Å². The molecule has 0 spiro atoms. The first-order valence-electron chi connectivity index (χ1n) is 5.61. The van der Waals surface area contributed by atoms with Gasteiger partial charge in [0.05, 0.1) is 0 Å². The molecule has 0 amide bonds. The van der Waals surface area contributed by atoms with E-state index in [4.69, 9.17) is 11.6 Å². The van der Waals surface area contributed by atoms with E-state index in [9.17, 15) is 8.78 Å². The molecule has 3 rings (SSSR count). The van der Waals surface area contributed by atoms with Crippen LogP contribution in [0.4, 0.5) is 8.78 Å². The van der Waals surface area contributed by atoms with Gasteiger partial charge in [-0.1, -0.05) is 29.8 Å². The van der Waals surface area contributed by atoms with Gasteiger partial charge in [-0.15, -0.1) is 0 Å². The Bertz CT molecular complexity index is 781. The first kappa shape index (κ1) is 11.5. The summed E-state index contributed by atoms with van der Waals surface area (Å²) < 4.78 is 27.7. The Labute approximate surface area is 107 Å². The maximum absolute atomic E-state index is 14.0. The molecule has 1 N–H and O–H groups in total. The van der Waals surface area contributed by atoms with E-state index < -0.39 is 11.6 Å². The Balaban J connectivity index is 2.60. The summed E-state index contributed by atoms with van der Waals surface area (Å²) in [6.45, 7) is 2.00. The van der Waals surface area contributed by atoms with Crippen LogP contribution in [0.25, 0.3) is 22.0 Å². The number of hydrogen-bond donors (Lipinski definition) is 1. The van der Waals surface area contributed by atoms with E-state index in [0.717, 1.165) is 10.4 Å². The molecule has 0 radical (unpaired) electrons. The lowest BCUT2D eigenvalue weighted by atomic mass is 10.0. The highest BCUT2D eigenvalue weighted by atomic mass is 35.5. The zero-order valence-corrected chi connectivity index (χ0v) is 10.4. The quantitative estimate of drug-likeness (QED) is 0.720. The van der Waals surface area contributed by atoms with E-state index in [0.29, 0.717) is 22.5 Å². The predicted molar refractivity (Wildman–Crippen MR) is 69.6 cm³/mol.